The molecule has 0 radical (unpaired) electrons. The van der Waals surface area contributed by atoms with Gasteiger partial charge >= 0.3 is 0 Å². The lowest BCUT2D eigenvalue weighted by Crippen LogP contribution is -2.61. The molecule has 0 unspecified atom stereocenters. The first-order chi connectivity index (χ1) is 10.0. The molecule has 0 aromatic rings. The monoisotopic (exact) mass is 288 g/mol. The topological polar surface area (TPSA) is 66.5 Å². The molecule has 4 bridgehead atoms. The maximum absolute atomic E-state index is 12.3. The van der Waals surface area contributed by atoms with Gasteiger partial charge in [-0.15, -0.1) is 0 Å². The van der Waals surface area contributed by atoms with E-state index in [1.54, 1.807) is 0 Å². The van der Waals surface area contributed by atoms with Gasteiger partial charge in [0.2, 0.25) is 5.91 Å². The van der Waals surface area contributed by atoms with Crippen molar-refractivity contribution in [2.24, 2.45) is 17.8 Å². The third-order valence-electron chi connectivity index (χ3n) is 5.65. The fourth-order valence-corrected chi connectivity index (χ4v) is 5.33. The van der Waals surface area contributed by atoms with Gasteiger partial charge in [0.05, 0.1) is 0 Å². The molecule has 0 aromatic heterocycles. The van der Waals surface area contributed by atoms with Crippen LogP contribution in [0.4, 0.5) is 0 Å². The first-order valence-electron chi connectivity index (χ1n) is 7.87. The van der Waals surface area contributed by atoms with Crippen molar-refractivity contribution < 1.29 is 14.4 Å². The quantitative estimate of drug-likeness (QED) is 0.788. The second-order valence-corrected chi connectivity index (χ2v) is 7.34. The Morgan fingerprint density at radius 2 is 1.52 bits per heavy atom. The molecule has 1 heterocycles. The lowest BCUT2D eigenvalue weighted by molar-refractivity contribution is -0.142. The summed E-state index contributed by atoms with van der Waals surface area (Å²) >= 11 is 0. The number of carbonyl (C=O) groups excluding carboxylic acids is 3. The van der Waals surface area contributed by atoms with E-state index < -0.39 is 0 Å². The van der Waals surface area contributed by atoms with E-state index in [0.717, 1.165) is 41.9 Å². The molecule has 5 rings (SSSR count). The molecule has 21 heavy (non-hydrogen) atoms. The third-order valence-corrected chi connectivity index (χ3v) is 5.65. The molecule has 5 aliphatic rings. The summed E-state index contributed by atoms with van der Waals surface area (Å²) in [5, 5.41) is 3.18. The number of nitrogens with one attached hydrogen (secondary N) is 1. The van der Waals surface area contributed by atoms with Crippen LogP contribution in [0.15, 0.2) is 12.2 Å². The second kappa shape index (κ2) is 4.42. The van der Waals surface area contributed by atoms with E-state index in [-0.39, 0.29) is 29.8 Å². The zero-order valence-corrected chi connectivity index (χ0v) is 12.0. The van der Waals surface area contributed by atoms with Crippen molar-refractivity contribution in [2.45, 2.75) is 44.1 Å². The van der Waals surface area contributed by atoms with Crippen molar-refractivity contribution in [1.29, 1.82) is 0 Å². The Morgan fingerprint density at radius 3 is 2.00 bits per heavy atom. The summed E-state index contributed by atoms with van der Waals surface area (Å²) in [6.45, 7) is -0.146. The number of hydrogen-bond acceptors (Lipinski definition) is 3. The van der Waals surface area contributed by atoms with Gasteiger partial charge in [0.25, 0.3) is 11.8 Å². The van der Waals surface area contributed by atoms with E-state index in [9.17, 15) is 14.4 Å². The van der Waals surface area contributed by atoms with Crippen LogP contribution in [0.2, 0.25) is 0 Å². The van der Waals surface area contributed by atoms with Gasteiger partial charge < -0.3 is 5.32 Å². The van der Waals surface area contributed by atoms with Gasteiger partial charge in [-0.2, -0.15) is 0 Å². The Morgan fingerprint density at radius 1 is 1.05 bits per heavy atom. The molecule has 1 N–H and O–H groups in total. The Labute approximate surface area is 123 Å². The van der Waals surface area contributed by atoms with Crippen molar-refractivity contribution in [3.63, 3.8) is 0 Å². The largest absolute Gasteiger partial charge is 0.349 e. The zero-order valence-electron chi connectivity index (χ0n) is 12.0. The molecule has 4 fully saturated rings. The molecule has 1 aliphatic heterocycles. The van der Waals surface area contributed by atoms with Crippen LogP contribution in [0.25, 0.3) is 0 Å². The summed E-state index contributed by atoms with van der Waals surface area (Å²) in [5.74, 6) is 1.30. The number of imide groups is 1. The van der Waals surface area contributed by atoms with Gasteiger partial charge in [-0.05, 0) is 56.3 Å². The van der Waals surface area contributed by atoms with Gasteiger partial charge in [-0.1, -0.05) is 0 Å². The van der Waals surface area contributed by atoms with Crippen molar-refractivity contribution in [1.82, 2.24) is 10.2 Å². The summed E-state index contributed by atoms with van der Waals surface area (Å²) in [5.41, 5.74) is -0.0644. The maximum Gasteiger partial charge on any atom is 0.254 e. The van der Waals surface area contributed by atoms with E-state index in [0.29, 0.717) is 0 Å². The van der Waals surface area contributed by atoms with Crippen LogP contribution in [-0.2, 0) is 14.4 Å². The maximum atomic E-state index is 12.3. The van der Waals surface area contributed by atoms with Crippen LogP contribution < -0.4 is 5.32 Å². The molecule has 0 spiro atoms. The number of nitrogens with zero attached hydrogens (tertiary/aromatic N) is 1. The van der Waals surface area contributed by atoms with Gasteiger partial charge in [0.1, 0.15) is 6.54 Å². The van der Waals surface area contributed by atoms with E-state index in [4.69, 9.17) is 0 Å². The third kappa shape index (κ3) is 2.19. The van der Waals surface area contributed by atoms with Crippen molar-refractivity contribution >= 4 is 17.7 Å². The standard InChI is InChI=1S/C16H20N2O3/c19-13(9-18-14(20)1-2-15(18)21)17-16-6-10-3-11(7-16)5-12(4-10)8-16/h1-2,10-12H,3-9H2,(H,17,19). The lowest BCUT2D eigenvalue weighted by Gasteiger charge is -2.57. The summed E-state index contributed by atoms with van der Waals surface area (Å²) in [6.07, 6.45) is 9.63. The SMILES string of the molecule is O=C(CN1C(=O)C=CC1=O)NC12CC3CC(CC(C3)C1)C2. The molecule has 0 atom stereocenters. The van der Waals surface area contributed by atoms with Crippen LogP contribution in [0.1, 0.15) is 38.5 Å². The van der Waals surface area contributed by atoms with E-state index in [1.165, 1.54) is 31.4 Å². The summed E-state index contributed by atoms with van der Waals surface area (Å²) in [6, 6.07) is 0. The highest BCUT2D eigenvalue weighted by Gasteiger charge is 2.51. The minimum absolute atomic E-state index is 0.0644. The highest BCUT2D eigenvalue weighted by atomic mass is 16.2. The smallest absolute Gasteiger partial charge is 0.254 e. The predicted molar refractivity (Wildman–Crippen MR) is 74.9 cm³/mol. The average molecular weight is 288 g/mol. The summed E-state index contributed by atoms with van der Waals surface area (Å²) in [4.78, 5) is 36.3. The average Bonchev–Trinajstić information content (AvgIpc) is 2.68. The number of carbonyl (C=O) groups is 3. The van der Waals surface area contributed by atoms with Crippen LogP contribution in [0, 0.1) is 17.8 Å². The van der Waals surface area contributed by atoms with Crippen molar-refractivity contribution in [2.75, 3.05) is 6.54 Å². The Kier molecular flexibility index (Phi) is 2.75. The molecular formula is C16H20N2O3. The van der Waals surface area contributed by atoms with Gasteiger partial charge in [0, 0.05) is 17.7 Å². The Hall–Kier alpha value is -1.65. The molecule has 3 amide bonds. The van der Waals surface area contributed by atoms with Crippen LogP contribution >= 0.6 is 0 Å². The Balaban J connectivity index is 1.43. The van der Waals surface area contributed by atoms with Crippen LogP contribution in [0.5, 0.6) is 0 Å². The Bertz CT molecular complexity index is 498. The van der Waals surface area contributed by atoms with Crippen LogP contribution in [-0.4, -0.2) is 34.7 Å². The molecule has 112 valence electrons. The predicted octanol–water partition coefficient (Wildman–Crippen LogP) is 0.996. The summed E-state index contributed by atoms with van der Waals surface area (Å²) < 4.78 is 0. The normalized spacial score (nSPS) is 40.2. The van der Waals surface area contributed by atoms with Gasteiger partial charge in [-0.25, -0.2) is 0 Å². The highest BCUT2D eigenvalue weighted by molar-refractivity contribution is 6.14. The van der Waals surface area contributed by atoms with Crippen molar-refractivity contribution in [3.8, 4) is 0 Å². The number of hydrogen-bond donors (Lipinski definition) is 1. The fraction of sp³-hybridized carbons (Fsp3) is 0.688. The number of rotatable bonds is 3. The van der Waals surface area contributed by atoms with Crippen molar-refractivity contribution in [3.05, 3.63) is 12.2 Å². The fourth-order valence-electron chi connectivity index (χ4n) is 5.33. The highest BCUT2D eigenvalue weighted by Crippen LogP contribution is 2.55. The molecule has 4 aliphatic carbocycles. The molecule has 5 heteroatoms. The van der Waals surface area contributed by atoms with Gasteiger partial charge in [-0.3, -0.25) is 19.3 Å². The first-order valence-corrected chi connectivity index (χ1v) is 7.87. The second-order valence-electron chi connectivity index (χ2n) is 7.34. The molecule has 0 saturated heterocycles. The summed E-state index contributed by atoms with van der Waals surface area (Å²) in [7, 11) is 0. The lowest BCUT2D eigenvalue weighted by atomic mass is 9.53. The van der Waals surface area contributed by atoms with E-state index in [2.05, 4.69) is 5.32 Å². The van der Waals surface area contributed by atoms with E-state index >= 15 is 0 Å². The van der Waals surface area contributed by atoms with Crippen LogP contribution in [0.3, 0.4) is 0 Å². The molecule has 5 nitrogen and oxygen atoms in total. The first kappa shape index (κ1) is 13.0. The minimum atomic E-state index is -0.388. The molecule has 0 aromatic carbocycles. The molecule has 4 saturated carbocycles. The molecular weight excluding hydrogens is 268 g/mol. The van der Waals surface area contributed by atoms with E-state index in [1.807, 2.05) is 0 Å². The van der Waals surface area contributed by atoms with Gasteiger partial charge in [0.15, 0.2) is 0 Å². The minimum Gasteiger partial charge on any atom is -0.349 e. The zero-order chi connectivity index (χ0) is 14.6. The number of amides is 3.